The Morgan fingerprint density at radius 3 is 2.43 bits per heavy atom. The number of carbonyl (C=O) groups is 1. The van der Waals surface area contributed by atoms with E-state index >= 15 is 0 Å². The molecule has 2 aromatic carbocycles. The summed E-state index contributed by atoms with van der Waals surface area (Å²) in [5, 5.41) is 0. The van der Waals surface area contributed by atoms with Crippen LogP contribution in [0.25, 0.3) is 0 Å². The van der Waals surface area contributed by atoms with Gasteiger partial charge < -0.3 is 0 Å². The van der Waals surface area contributed by atoms with E-state index in [2.05, 4.69) is 17.1 Å². The lowest BCUT2D eigenvalue weighted by Crippen LogP contribution is -2.19. The number of hydrogen-bond acceptors (Lipinski definition) is 2. The summed E-state index contributed by atoms with van der Waals surface area (Å²) in [5.41, 5.74) is 2.27. The fourth-order valence-corrected chi connectivity index (χ4v) is 2.49. The minimum atomic E-state index is -0.332. The van der Waals surface area contributed by atoms with Gasteiger partial charge in [-0.2, -0.15) is 0 Å². The van der Waals surface area contributed by atoms with Crippen LogP contribution >= 0.6 is 0 Å². The summed E-state index contributed by atoms with van der Waals surface area (Å²) in [7, 11) is 0. The van der Waals surface area contributed by atoms with Crippen molar-refractivity contribution in [3.63, 3.8) is 0 Å². The normalized spacial score (nSPS) is 14.5. The molecule has 0 aliphatic carbocycles. The first kappa shape index (κ1) is 13.7. The van der Waals surface area contributed by atoms with E-state index in [0.717, 1.165) is 25.2 Å². The SMILES string of the molecule is O=C(c1ccc(F)cc1)c1cccc(CN2CC=CC2)c1. The van der Waals surface area contributed by atoms with Crippen molar-refractivity contribution in [2.24, 2.45) is 0 Å². The zero-order valence-electron chi connectivity index (χ0n) is 11.6. The van der Waals surface area contributed by atoms with Gasteiger partial charge in [0.2, 0.25) is 0 Å². The highest BCUT2D eigenvalue weighted by molar-refractivity contribution is 6.09. The molecule has 0 aromatic heterocycles. The summed E-state index contributed by atoms with van der Waals surface area (Å²) >= 11 is 0. The van der Waals surface area contributed by atoms with Gasteiger partial charge in [-0.15, -0.1) is 0 Å². The van der Waals surface area contributed by atoms with Crippen LogP contribution in [0, 0.1) is 5.82 Å². The topological polar surface area (TPSA) is 20.3 Å². The van der Waals surface area contributed by atoms with Crippen molar-refractivity contribution in [1.29, 1.82) is 0 Å². The Morgan fingerprint density at radius 2 is 1.71 bits per heavy atom. The van der Waals surface area contributed by atoms with E-state index in [1.54, 1.807) is 6.07 Å². The second-order valence-electron chi connectivity index (χ2n) is 5.20. The van der Waals surface area contributed by atoms with Crippen LogP contribution in [-0.2, 0) is 6.54 Å². The van der Waals surface area contributed by atoms with Gasteiger partial charge in [0.1, 0.15) is 5.82 Å². The Morgan fingerprint density at radius 1 is 1.00 bits per heavy atom. The highest BCUT2D eigenvalue weighted by Gasteiger charge is 2.11. The van der Waals surface area contributed by atoms with Crippen molar-refractivity contribution in [3.8, 4) is 0 Å². The lowest BCUT2D eigenvalue weighted by molar-refractivity contribution is 0.103. The van der Waals surface area contributed by atoms with E-state index in [9.17, 15) is 9.18 Å². The molecule has 0 spiro atoms. The maximum Gasteiger partial charge on any atom is 0.193 e. The average Bonchev–Trinajstić information content (AvgIpc) is 3.00. The van der Waals surface area contributed by atoms with Crippen LogP contribution in [0.1, 0.15) is 21.5 Å². The first-order chi connectivity index (χ1) is 10.2. The first-order valence-electron chi connectivity index (χ1n) is 6.99. The zero-order chi connectivity index (χ0) is 14.7. The lowest BCUT2D eigenvalue weighted by atomic mass is 10.0. The summed E-state index contributed by atoms with van der Waals surface area (Å²) in [4.78, 5) is 14.7. The molecule has 106 valence electrons. The molecule has 3 heteroatoms. The van der Waals surface area contributed by atoms with Gasteiger partial charge in [-0.25, -0.2) is 4.39 Å². The quantitative estimate of drug-likeness (QED) is 0.632. The van der Waals surface area contributed by atoms with Crippen LogP contribution in [0.4, 0.5) is 4.39 Å². The molecule has 21 heavy (non-hydrogen) atoms. The Balaban J connectivity index is 1.78. The molecule has 1 aliphatic heterocycles. The number of carbonyl (C=O) groups excluding carboxylic acids is 1. The molecule has 1 heterocycles. The van der Waals surface area contributed by atoms with Gasteiger partial charge in [-0.1, -0.05) is 30.4 Å². The third-order valence-electron chi connectivity index (χ3n) is 3.60. The molecule has 0 amide bonds. The average molecular weight is 281 g/mol. The fourth-order valence-electron chi connectivity index (χ4n) is 2.49. The van der Waals surface area contributed by atoms with Crippen molar-refractivity contribution in [3.05, 3.63) is 83.2 Å². The van der Waals surface area contributed by atoms with E-state index < -0.39 is 0 Å². The number of hydrogen-bond donors (Lipinski definition) is 0. The Kier molecular flexibility index (Phi) is 3.93. The molecule has 0 bridgehead atoms. The molecule has 0 atom stereocenters. The van der Waals surface area contributed by atoms with Crippen LogP contribution in [0.3, 0.4) is 0 Å². The molecule has 0 radical (unpaired) electrons. The molecular weight excluding hydrogens is 265 g/mol. The van der Waals surface area contributed by atoms with Crippen molar-refractivity contribution >= 4 is 5.78 Å². The molecule has 2 aromatic rings. The maximum atomic E-state index is 12.9. The second-order valence-corrected chi connectivity index (χ2v) is 5.20. The second kappa shape index (κ2) is 6.02. The Bertz CT molecular complexity index is 668. The molecule has 0 N–H and O–H groups in total. The van der Waals surface area contributed by atoms with Crippen LogP contribution in [0.2, 0.25) is 0 Å². The Hall–Kier alpha value is -2.26. The highest BCUT2D eigenvalue weighted by atomic mass is 19.1. The highest BCUT2D eigenvalue weighted by Crippen LogP contribution is 2.15. The number of rotatable bonds is 4. The molecule has 0 fully saturated rings. The molecule has 0 saturated carbocycles. The number of ketones is 1. The van der Waals surface area contributed by atoms with Gasteiger partial charge in [0.15, 0.2) is 5.78 Å². The van der Waals surface area contributed by atoms with Gasteiger partial charge in [-0.05, 0) is 35.9 Å². The lowest BCUT2D eigenvalue weighted by Gasteiger charge is -2.15. The molecule has 0 unspecified atom stereocenters. The van der Waals surface area contributed by atoms with E-state index in [1.165, 1.54) is 24.3 Å². The summed E-state index contributed by atoms with van der Waals surface area (Å²) < 4.78 is 12.9. The number of benzene rings is 2. The third kappa shape index (κ3) is 3.26. The summed E-state index contributed by atoms with van der Waals surface area (Å²) in [6.45, 7) is 2.74. The zero-order valence-corrected chi connectivity index (χ0v) is 11.6. The van der Waals surface area contributed by atoms with Crippen LogP contribution in [0.15, 0.2) is 60.7 Å². The van der Waals surface area contributed by atoms with Gasteiger partial charge in [0.25, 0.3) is 0 Å². The van der Waals surface area contributed by atoms with Gasteiger partial charge in [-0.3, -0.25) is 9.69 Å². The molecule has 1 aliphatic rings. The Labute approximate surface area is 123 Å². The van der Waals surface area contributed by atoms with E-state index in [4.69, 9.17) is 0 Å². The number of halogens is 1. The smallest absolute Gasteiger partial charge is 0.193 e. The monoisotopic (exact) mass is 281 g/mol. The third-order valence-corrected chi connectivity index (χ3v) is 3.60. The molecule has 0 saturated heterocycles. The predicted octanol–water partition coefficient (Wildman–Crippen LogP) is 3.43. The van der Waals surface area contributed by atoms with E-state index in [0.29, 0.717) is 11.1 Å². The van der Waals surface area contributed by atoms with Crippen LogP contribution < -0.4 is 0 Å². The summed E-state index contributed by atoms with van der Waals surface area (Å²) in [6.07, 6.45) is 4.29. The molecule has 3 rings (SSSR count). The van der Waals surface area contributed by atoms with Crippen molar-refractivity contribution in [2.45, 2.75) is 6.54 Å². The van der Waals surface area contributed by atoms with Crippen LogP contribution in [-0.4, -0.2) is 23.8 Å². The van der Waals surface area contributed by atoms with Crippen molar-refractivity contribution in [2.75, 3.05) is 13.1 Å². The molecular formula is C18H16FNO. The minimum absolute atomic E-state index is 0.0728. The van der Waals surface area contributed by atoms with Gasteiger partial charge >= 0.3 is 0 Å². The standard InChI is InChI=1S/C18H16FNO/c19-17-8-6-15(7-9-17)18(21)16-5-3-4-14(12-16)13-20-10-1-2-11-20/h1-9,12H,10-11,13H2. The fraction of sp³-hybridized carbons (Fsp3) is 0.167. The summed E-state index contributed by atoms with van der Waals surface area (Å²) in [6, 6.07) is 13.3. The molecule has 2 nitrogen and oxygen atoms in total. The van der Waals surface area contributed by atoms with E-state index in [1.807, 2.05) is 18.2 Å². The van der Waals surface area contributed by atoms with E-state index in [-0.39, 0.29) is 11.6 Å². The number of nitrogens with zero attached hydrogens (tertiary/aromatic N) is 1. The summed E-state index contributed by atoms with van der Waals surface area (Å²) in [5.74, 6) is -0.404. The van der Waals surface area contributed by atoms with Crippen molar-refractivity contribution < 1.29 is 9.18 Å². The maximum absolute atomic E-state index is 12.9. The first-order valence-corrected chi connectivity index (χ1v) is 6.99. The van der Waals surface area contributed by atoms with Crippen molar-refractivity contribution in [1.82, 2.24) is 4.90 Å². The minimum Gasteiger partial charge on any atom is -0.292 e. The van der Waals surface area contributed by atoms with Gasteiger partial charge in [0.05, 0.1) is 0 Å². The largest absolute Gasteiger partial charge is 0.292 e. The predicted molar refractivity (Wildman–Crippen MR) is 80.7 cm³/mol. The van der Waals surface area contributed by atoms with Gasteiger partial charge in [0, 0.05) is 30.8 Å². The van der Waals surface area contributed by atoms with Crippen LogP contribution in [0.5, 0.6) is 0 Å².